The van der Waals surface area contributed by atoms with E-state index in [0.717, 1.165) is 44.8 Å². The molecule has 0 amide bonds. The van der Waals surface area contributed by atoms with Gasteiger partial charge in [0.1, 0.15) is 0 Å². The van der Waals surface area contributed by atoms with Crippen molar-refractivity contribution in [2.75, 3.05) is 0 Å². The predicted molar refractivity (Wildman–Crippen MR) is 205 cm³/mol. The normalized spacial score (nSPS) is 11.3. The quantitative estimate of drug-likeness (QED) is 0.181. The van der Waals surface area contributed by atoms with Gasteiger partial charge in [0, 0.05) is 49.3 Å². The van der Waals surface area contributed by atoms with Crippen LogP contribution in [0.3, 0.4) is 0 Å². The van der Waals surface area contributed by atoms with E-state index in [4.69, 9.17) is 9.97 Å². The minimum absolute atomic E-state index is 0.690. The Labute approximate surface area is 288 Å². The van der Waals surface area contributed by atoms with Crippen molar-refractivity contribution in [2.24, 2.45) is 0 Å². The fourth-order valence-electron chi connectivity index (χ4n) is 6.48. The van der Waals surface area contributed by atoms with Crippen LogP contribution in [-0.4, -0.2) is 15.0 Å². The van der Waals surface area contributed by atoms with Gasteiger partial charge in [-0.3, -0.25) is 4.98 Å². The fraction of sp³-hybridized carbons (Fsp3) is 0. The molecule has 0 fully saturated rings. The lowest BCUT2D eigenvalue weighted by Crippen LogP contribution is -1.96. The van der Waals surface area contributed by atoms with Gasteiger partial charge in [0.15, 0.2) is 5.82 Å². The molecular formula is C45H29N3S. The Kier molecular flexibility index (Phi) is 7.34. The molecule has 9 rings (SSSR count). The van der Waals surface area contributed by atoms with Crippen LogP contribution in [0, 0.1) is 0 Å². The zero-order chi connectivity index (χ0) is 32.6. The second-order valence-electron chi connectivity index (χ2n) is 12.1. The van der Waals surface area contributed by atoms with E-state index in [1.165, 1.54) is 36.9 Å². The minimum atomic E-state index is 0.690. The molecule has 6 aromatic carbocycles. The highest BCUT2D eigenvalue weighted by atomic mass is 32.1. The summed E-state index contributed by atoms with van der Waals surface area (Å²) >= 11 is 1.84. The van der Waals surface area contributed by atoms with E-state index in [-0.39, 0.29) is 0 Å². The van der Waals surface area contributed by atoms with Crippen molar-refractivity contribution in [3.63, 3.8) is 0 Å². The molecule has 0 aliphatic carbocycles. The molecular weight excluding hydrogens is 615 g/mol. The van der Waals surface area contributed by atoms with Crippen LogP contribution in [0.5, 0.6) is 0 Å². The van der Waals surface area contributed by atoms with Crippen molar-refractivity contribution < 1.29 is 0 Å². The number of hydrogen-bond donors (Lipinski definition) is 0. The average Bonchev–Trinajstić information content (AvgIpc) is 3.57. The molecule has 0 radical (unpaired) electrons. The summed E-state index contributed by atoms with van der Waals surface area (Å²) in [6.07, 6.45) is 3.61. The molecule has 9 aromatic rings. The Balaban J connectivity index is 1.24. The number of nitrogens with zero attached hydrogens (tertiary/aromatic N) is 3. The van der Waals surface area contributed by atoms with E-state index in [0.29, 0.717) is 5.82 Å². The molecule has 3 nitrogen and oxygen atoms in total. The van der Waals surface area contributed by atoms with Crippen LogP contribution in [0.15, 0.2) is 176 Å². The summed E-state index contributed by atoms with van der Waals surface area (Å²) in [7, 11) is 0. The van der Waals surface area contributed by atoms with Gasteiger partial charge in [-0.25, -0.2) is 9.97 Å². The van der Waals surface area contributed by atoms with Crippen molar-refractivity contribution in [3.8, 4) is 67.3 Å². The molecule has 0 atom stereocenters. The number of benzene rings is 6. The molecule has 0 bridgehead atoms. The summed E-state index contributed by atoms with van der Waals surface area (Å²) in [6.45, 7) is 0. The summed E-state index contributed by atoms with van der Waals surface area (Å²) in [4.78, 5) is 14.4. The lowest BCUT2D eigenvalue weighted by Gasteiger charge is -2.14. The van der Waals surface area contributed by atoms with E-state index >= 15 is 0 Å². The third-order valence-electron chi connectivity index (χ3n) is 9.00. The van der Waals surface area contributed by atoms with Gasteiger partial charge in [-0.15, -0.1) is 11.3 Å². The van der Waals surface area contributed by atoms with Crippen molar-refractivity contribution >= 4 is 31.5 Å². The molecule has 0 aliphatic heterocycles. The highest BCUT2D eigenvalue weighted by Gasteiger charge is 2.15. The molecule has 4 heteroatoms. The maximum absolute atomic E-state index is 5.18. The lowest BCUT2D eigenvalue weighted by molar-refractivity contribution is 1.18. The van der Waals surface area contributed by atoms with Gasteiger partial charge in [0.2, 0.25) is 0 Å². The number of pyridine rings is 1. The first-order valence-corrected chi connectivity index (χ1v) is 17.1. The van der Waals surface area contributed by atoms with Gasteiger partial charge in [-0.05, 0) is 88.0 Å². The Bertz CT molecular complexity index is 2520. The van der Waals surface area contributed by atoms with E-state index in [1.807, 2.05) is 41.7 Å². The third-order valence-corrected chi connectivity index (χ3v) is 10.2. The van der Waals surface area contributed by atoms with Crippen molar-refractivity contribution in [3.05, 3.63) is 176 Å². The molecule has 3 heterocycles. The Morgan fingerprint density at radius 2 is 0.857 bits per heavy atom. The van der Waals surface area contributed by atoms with E-state index < -0.39 is 0 Å². The van der Waals surface area contributed by atoms with Crippen LogP contribution in [0.25, 0.3) is 87.5 Å². The van der Waals surface area contributed by atoms with E-state index in [9.17, 15) is 0 Å². The summed E-state index contributed by atoms with van der Waals surface area (Å²) in [5.41, 5.74) is 11.7. The summed E-state index contributed by atoms with van der Waals surface area (Å²) in [5, 5.41) is 2.58. The first-order valence-electron chi connectivity index (χ1n) is 16.3. The van der Waals surface area contributed by atoms with Crippen LogP contribution in [0.2, 0.25) is 0 Å². The highest BCUT2D eigenvalue weighted by molar-refractivity contribution is 7.25. The van der Waals surface area contributed by atoms with Gasteiger partial charge < -0.3 is 0 Å². The molecule has 0 aliphatic rings. The van der Waals surface area contributed by atoms with Gasteiger partial charge >= 0.3 is 0 Å². The Morgan fingerprint density at radius 3 is 1.59 bits per heavy atom. The maximum Gasteiger partial charge on any atom is 0.160 e. The average molecular weight is 644 g/mol. The number of rotatable bonds is 6. The topological polar surface area (TPSA) is 38.7 Å². The lowest BCUT2D eigenvalue weighted by atomic mass is 9.93. The number of aromatic nitrogens is 3. The van der Waals surface area contributed by atoms with E-state index in [1.54, 1.807) is 12.4 Å². The number of hydrogen-bond acceptors (Lipinski definition) is 4. The maximum atomic E-state index is 5.18. The molecule has 0 spiro atoms. The molecule has 0 N–H and O–H groups in total. The van der Waals surface area contributed by atoms with Gasteiger partial charge in [0.05, 0.1) is 11.4 Å². The smallest absolute Gasteiger partial charge is 0.160 e. The van der Waals surface area contributed by atoms with Crippen LogP contribution in [-0.2, 0) is 0 Å². The van der Waals surface area contributed by atoms with Gasteiger partial charge in [-0.2, -0.15) is 0 Å². The molecule has 49 heavy (non-hydrogen) atoms. The molecule has 230 valence electrons. The molecule has 0 saturated heterocycles. The second-order valence-corrected chi connectivity index (χ2v) is 13.2. The van der Waals surface area contributed by atoms with Crippen molar-refractivity contribution in [1.29, 1.82) is 0 Å². The summed E-state index contributed by atoms with van der Waals surface area (Å²) in [6, 6.07) is 58.0. The first kappa shape index (κ1) is 29.0. The van der Waals surface area contributed by atoms with Crippen LogP contribution < -0.4 is 0 Å². The Morgan fingerprint density at radius 1 is 0.327 bits per heavy atom. The number of fused-ring (bicyclic) bond motifs is 3. The standard InChI is InChI=1S/C45H29N3S/c1-3-9-30(10-4-1)31-15-17-32(18-16-31)36-25-37(35-19-20-44-40(28-35)39-13-7-8-14-43(39)49-44)27-38(26-36)42-29-41(33-21-23-46-24-22-33)47-45(48-42)34-11-5-2-6-12-34/h1-29H. The predicted octanol–water partition coefficient (Wildman–Crippen LogP) is 12.2. The minimum Gasteiger partial charge on any atom is -0.265 e. The van der Waals surface area contributed by atoms with Gasteiger partial charge in [-0.1, -0.05) is 109 Å². The van der Waals surface area contributed by atoms with Crippen LogP contribution in [0.1, 0.15) is 0 Å². The van der Waals surface area contributed by atoms with Crippen molar-refractivity contribution in [1.82, 2.24) is 15.0 Å². The monoisotopic (exact) mass is 643 g/mol. The van der Waals surface area contributed by atoms with Crippen LogP contribution >= 0.6 is 11.3 Å². The fourth-order valence-corrected chi connectivity index (χ4v) is 7.57. The van der Waals surface area contributed by atoms with E-state index in [2.05, 4.69) is 138 Å². The Hall–Kier alpha value is -6.23. The van der Waals surface area contributed by atoms with Gasteiger partial charge in [0.25, 0.3) is 0 Å². The second kappa shape index (κ2) is 12.4. The summed E-state index contributed by atoms with van der Waals surface area (Å²) in [5.74, 6) is 0.690. The SMILES string of the molecule is c1ccc(-c2ccc(-c3cc(-c4ccc5sc6ccccc6c5c4)cc(-c4cc(-c5ccncc5)nc(-c5ccccc5)n4)c3)cc2)cc1. The molecule has 0 saturated carbocycles. The van der Waals surface area contributed by atoms with Crippen LogP contribution in [0.4, 0.5) is 0 Å². The zero-order valence-electron chi connectivity index (χ0n) is 26.5. The summed E-state index contributed by atoms with van der Waals surface area (Å²) < 4.78 is 2.60. The number of thiophene rings is 1. The molecule has 0 unspecified atom stereocenters. The van der Waals surface area contributed by atoms with Crippen molar-refractivity contribution in [2.45, 2.75) is 0 Å². The zero-order valence-corrected chi connectivity index (χ0v) is 27.3. The largest absolute Gasteiger partial charge is 0.265 e. The highest BCUT2D eigenvalue weighted by Crippen LogP contribution is 2.39. The first-order chi connectivity index (χ1) is 24.2. The molecule has 3 aromatic heterocycles. The third kappa shape index (κ3) is 5.69.